The molecule has 0 N–H and O–H groups in total. The second-order valence-corrected chi connectivity index (χ2v) is 4.60. The van der Waals surface area contributed by atoms with Crippen molar-refractivity contribution >= 4 is 21.6 Å². The Morgan fingerprint density at radius 2 is 2.20 bits per heavy atom. The first-order chi connectivity index (χ1) is 7.13. The molecule has 0 spiro atoms. The molecule has 4 heteroatoms. The quantitative estimate of drug-likeness (QED) is 0.794. The van der Waals surface area contributed by atoms with Crippen LogP contribution >= 0.6 is 15.9 Å². The third-order valence-corrected chi connectivity index (χ3v) is 2.73. The third-order valence-electron chi connectivity index (χ3n) is 2.26. The first kappa shape index (κ1) is 10.2. The zero-order chi connectivity index (χ0) is 11.0. The number of rotatable bonds is 1. The lowest BCUT2D eigenvalue weighted by atomic mass is 10.1. The molecule has 3 nitrogen and oxygen atoms in total. The molecule has 0 atom stereocenters. The van der Waals surface area contributed by atoms with Gasteiger partial charge in [0.25, 0.3) is 0 Å². The van der Waals surface area contributed by atoms with Crippen LogP contribution in [0, 0.1) is 11.3 Å². The van der Waals surface area contributed by atoms with Gasteiger partial charge in [-0.25, -0.2) is 4.98 Å². The molecule has 2 aromatic rings. The zero-order valence-electron chi connectivity index (χ0n) is 8.53. The highest BCUT2D eigenvalue weighted by Crippen LogP contribution is 2.21. The Kier molecular flexibility index (Phi) is 2.49. The molecule has 0 aliphatic carbocycles. The lowest BCUT2D eigenvalue weighted by Gasteiger charge is -1.99. The fourth-order valence-corrected chi connectivity index (χ4v) is 1.89. The number of hydrogen-bond acceptors (Lipinski definition) is 2. The van der Waals surface area contributed by atoms with E-state index in [2.05, 4.69) is 27.0 Å². The van der Waals surface area contributed by atoms with Crippen LogP contribution in [0.2, 0.25) is 0 Å². The number of imidazole rings is 1. The van der Waals surface area contributed by atoms with Crippen molar-refractivity contribution in [2.24, 2.45) is 0 Å². The SMILES string of the molecule is CC(C)c1nc2ccc(Br)cn2c1C#N. The van der Waals surface area contributed by atoms with Crippen LogP contribution in [0.25, 0.3) is 5.65 Å². The summed E-state index contributed by atoms with van der Waals surface area (Å²) in [5, 5.41) is 9.12. The van der Waals surface area contributed by atoms with E-state index in [4.69, 9.17) is 5.26 Å². The minimum Gasteiger partial charge on any atom is -0.290 e. The maximum atomic E-state index is 9.12. The Bertz CT molecular complexity index is 549. The highest BCUT2D eigenvalue weighted by atomic mass is 79.9. The van der Waals surface area contributed by atoms with Crippen molar-refractivity contribution < 1.29 is 0 Å². The first-order valence-corrected chi connectivity index (χ1v) is 5.50. The molecular weight excluding hydrogens is 254 g/mol. The van der Waals surface area contributed by atoms with Crippen molar-refractivity contribution in [3.05, 3.63) is 34.2 Å². The van der Waals surface area contributed by atoms with Crippen molar-refractivity contribution in [2.45, 2.75) is 19.8 Å². The van der Waals surface area contributed by atoms with E-state index in [1.807, 2.05) is 36.6 Å². The van der Waals surface area contributed by atoms with E-state index in [0.717, 1.165) is 15.8 Å². The van der Waals surface area contributed by atoms with Crippen LogP contribution in [0.5, 0.6) is 0 Å². The number of aromatic nitrogens is 2. The number of hydrogen-bond donors (Lipinski definition) is 0. The summed E-state index contributed by atoms with van der Waals surface area (Å²) in [5.74, 6) is 0.262. The number of halogens is 1. The van der Waals surface area contributed by atoms with E-state index < -0.39 is 0 Å². The molecule has 0 radical (unpaired) electrons. The summed E-state index contributed by atoms with van der Waals surface area (Å²) in [7, 11) is 0. The molecule has 2 heterocycles. The lowest BCUT2D eigenvalue weighted by Crippen LogP contribution is -1.93. The van der Waals surface area contributed by atoms with Gasteiger partial charge in [0, 0.05) is 10.7 Å². The molecule has 2 aromatic heterocycles. The number of pyridine rings is 1. The average molecular weight is 264 g/mol. The standard InChI is InChI=1S/C11H10BrN3/c1-7(2)11-9(5-13)15-6-8(12)3-4-10(15)14-11/h3-4,6-7H,1-2H3. The molecule has 2 rings (SSSR count). The van der Waals surface area contributed by atoms with E-state index in [9.17, 15) is 0 Å². The predicted molar refractivity (Wildman–Crippen MR) is 61.7 cm³/mol. The summed E-state index contributed by atoms with van der Waals surface area (Å²) in [6.07, 6.45) is 1.87. The van der Waals surface area contributed by atoms with Crippen LogP contribution in [-0.4, -0.2) is 9.38 Å². The van der Waals surface area contributed by atoms with Crippen molar-refractivity contribution in [1.29, 1.82) is 5.26 Å². The summed E-state index contributed by atoms with van der Waals surface area (Å²) in [4.78, 5) is 4.44. The molecular formula is C11H10BrN3. The monoisotopic (exact) mass is 263 g/mol. The fraction of sp³-hybridized carbons (Fsp3) is 0.273. The van der Waals surface area contributed by atoms with Crippen LogP contribution in [0.4, 0.5) is 0 Å². The van der Waals surface area contributed by atoms with Crippen molar-refractivity contribution in [1.82, 2.24) is 9.38 Å². The van der Waals surface area contributed by atoms with Crippen LogP contribution in [-0.2, 0) is 0 Å². The van der Waals surface area contributed by atoms with Gasteiger partial charge >= 0.3 is 0 Å². The highest BCUT2D eigenvalue weighted by Gasteiger charge is 2.14. The Morgan fingerprint density at radius 3 is 2.80 bits per heavy atom. The lowest BCUT2D eigenvalue weighted by molar-refractivity contribution is 0.829. The van der Waals surface area contributed by atoms with Crippen molar-refractivity contribution in [3.8, 4) is 6.07 Å². The Labute approximate surface area is 96.5 Å². The van der Waals surface area contributed by atoms with Gasteiger partial charge in [-0.3, -0.25) is 4.40 Å². The average Bonchev–Trinajstić information content (AvgIpc) is 2.55. The molecule has 0 saturated heterocycles. The molecule has 0 unspecified atom stereocenters. The molecule has 0 bridgehead atoms. The van der Waals surface area contributed by atoms with Crippen molar-refractivity contribution in [2.75, 3.05) is 0 Å². The van der Waals surface area contributed by atoms with Gasteiger partial charge < -0.3 is 0 Å². The van der Waals surface area contributed by atoms with Crippen molar-refractivity contribution in [3.63, 3.8) is 0 Å². The van der Waals surface area contributed by atoms with Gasteiger partial charge in [0.05, 0.1) is 5.69 Å². The van der Waals surface area contributed by atoms with Crippen LogP contribution in [0.1, 0.15) is 31.2 Å². The van der Waals surface area contributed by atoms with Gasteiger partial charge in [0.2, 0.25) is 0 Å². The minimum absolute atomic E-state index is 0.262. The Balaban J connectivity index is 2.81. The summed E-state index contributed by atoms with van der Waals surface area (Å²) in [5.41, 5.74) is 2.30. The summed E-state index contributed by atoms with van der Waals surface area (Å²) >= 11 is 3.38. The van der Waals surface area contributed by atoms with E-state index in [1.54, 1.807) is 0 Å². The van der Waals surface area contributed by atoms with Gasteiger partial charge in [-0.05, 0) is 34.0 Å². The van der Waals surface area contributed by atoms with E-state index in [1.165, 1.54) is 0 Å². The molecule has 0 saturated carbocycles. The van der Waals surface area contributed by atoms with Gasteiger partial charge in [-0.2, -0.15) is 5.26 Å². The summed E-state index contributed by atoms with van der Waals surface area (Å²) in [6.45, 7) is 4.08. The zero-order valence-corrected chi connectivity index (χ0v) is 10.1. The highest BCUT2D eigenvalue weighted by molar-refractivity contribution is 9.10. The molecule has 15 heavy (non-hydrogen) atoms. The second kappa shape index (κ2) is 3.67. The number of nitrogens with zero attached hydrogens (tertiary/aromatic N) is 3. The number of fused-ring (bicyclic) bond motifs is 1. The molecule has 0 aromatic carbocycles. The van der Waals surface area contributed by atoms with E-state index in [-0.39, 0.29) is 5.92 Å². The van der Waals surface area contributed by atoms with Gasteiger partial charge in [0.15, 0.2) is 0 Å². The summed E-state index contributed by atoms with van der Waals surface area (Å²) in [6, 6.07) is 6.03. The molecule has 0 amide bonds. The Morgan fingerprint density at radius 1 is 1.47 bits per heavy atom. The van der Waals surface area contributed by atoms with Gasteiger partial charge in [-0.15, -0.1) is 0 Å². The topological polar surface area (TPSA) is 41.1 Å². The van der Waals surface area contributed by atoms with Gasteiger partial charge in [-0.1, -0.05) is 13.8 Å². The first-order valence-electron chi connectivity index (χ1n) is 4.71. The molecule has 0 aliphatic heterocycles. The largest absolute Gasteiger partial charge is 0.290 e. The van der Waals surface area contributed by atoms with E-state index in [0.29, 0.717) is 5.69 Å². The second-order valence-electron chi connectivity index (χ2n) is 3.69. The minimum atomic E-state index is 0.262. The maximum absolute atomic E-state index is 9.12. The normalized spacial score (nSPS) is 10.9. The van der Waals surface area contributed by atoms with Crippen LogP contribution in [0.15, 0.2) is 22.8 Å². The van der Waals surface area contributed by atoms with E-state index >= 15 is 0 Å². The Hall–Kier alpha value is -1.34. The van der Waals surface area contributed by atoms with Crippen LogP contribution < -0.4 is 0 Å². The smallest absolute Gasteiger partial charge is 0.148 e. The number of nitriles is 1. The summed E-state index contributed by atoms with van der Waals surface area (Å²) < 4.78 is 2.76. The predicted octanol–water partition coefficient (Wildman–Crippen LogP) is 3.09. The third kappa shape index (κ3) is 1.64. The maximum Gasteiger partial charge on any atom is 0.148 e. The van der Waals surface area contributed by atoms with Gasteiger partial charge in [0.1, 0.15) is 17.4 Å². The molecule has 0 aliphatic rings. The van der Waals surface area contributed by atoms with Crippen LogP contribution in [0.3, 0.4) is 0 Å². The fourth-order valence-electron chi connectivity index (χ4n) is 1.55. The molecule has 76 valence electrons. The molecule has 0 fully saturated rings.